The van der Waals surface area contributed by atoms with E-state index in [0.717, 1.165) is 25.3 Å². The first-order chi connectivity index (χ1) is 9.36. The number of aryl methyl sites for hydroxylation is 2. The molecule has 1 heterocycles. The van der Waals surface area contributed by atoms with Crippen LogP contribution in [-0.4, -0.2) is 31.9 Å². The zero-order chi connectivity index (χ0) is 13.1. The van der Waals surface area contributed by atoms with E-state index in [1.807, 2.05) is 0 Å². The molecule has 0 amide bonds. The Bertz CT molecular complexity index is 431. The van der Waals surface area contributed by atoms with Crippen molar-refractivity contribution in [3.05, 3.63) is 29.3 Å². The van der Waals surface area contributed by atoms with Crippen molar-refractivity contribution >= 4 is 0 Å². The molecule has 1 aliphatic heterocycles. The highest BCUT2D eigenvalue weighted by Crippen LogP contribution is 2.27. The molecule has 1 aliphatic carbocycles. The summed E-state index contributed by atoms with van der Waals surface area (Å²) in [6.07, 6.45) is 4.87. The van der Waals surface area contributed by atoms with Crippen LogP contribution in [0.25, 0.3) is 0 Å². The number of fused-ring (bicyclic) bond motifs is 1. The van der Waals surface area contributed by atoms with Gasteiger partial charge in [-0.25, -0.2) is 0 Å². The summed E-state index contributed by atoms with van der Waals surface area (Å²) >= 11 is 0. The van der Waals surface area contributed by atoms with Crippen LogP contribution in [0, 0.1) is 0 Å². The maximum atomic E-state index is 6.16. The van der Waals surface area contributed by atoms with Gasteiger partial charge in [0.15, 0.2) is 0 Å². The zero-order valence-electron chi connectivity index (χ0n) is 11.7. The van der Waals surface area contributed by atoms with E-state index in [1.165, 1.54) is 30.4 Å². The van der Waals surface area contributed by atoms with Crippen LogP contribution in [0.5, 0.6) is 5.75 Å². The SMILES string of the molecule is CCNC1CCOCC1Oc1ccc2c(c1)CCC2. The van der Waals surface area contributed by atoms with Crippen LogP contribution < -0.4 is 10.1 Å². The maximum Gasteiger partial charge on any atom is 0.137 e. The number of hydrogen-bond acceptors (Lipinski definition) is 3. The van der Waals surface area contributed by atoms with Gasteiger partial charge in [0.2, 0.25) is 0 Å². The Morgan fingerprint density at radius 2 is 2.21 bits per heavy atom. The second-order valence-corrected chi connectivity index (χ2v) is 5.47. The summed E-state index contributed by atoms with van der Waals surface area (Å²) in [6, 6.07) is 6.97. The molecule has 1 fully saturated rings. The predicted molar refractivity (Wildman–Crippen MR) is 75.8 cm³/mol. The molecule has 3 rings (SSSR count). The molecule has 0 spiro atoms. The molecule has 0 radical (unpaired) electrons. The van der Waals surface area contributed by atoms with E-state index in [0.29, 0.717) is 12.6 Å². The fourth-order valence-electron chi connectivity index (χ4n) is 3.12. The van der Waals surface area contributed by atoms with Crippen LogP contribution >= 0.6 is 0 Å². The Morgan fingerprint density at radius 3 is 3.11 bits per heavy atom. The van der Waals surface area contributed by atoms with Crippen molar-refractivity contribution in [3.8, 4) is 5.75 Å². The van der Waals surface area contributed by atoms with Crippen molar-refractivity contribution in [2.24, 2.45) is 0 Å². The highest BCUT2D eigenvalue weighted by molar-refractivity contribution is 5.38. The van der Waals surface area contributed by atoms with Crippen LogP contribution in [-0.2, 0) is 17.6 Å². The smallest absolute Gasteiger partial charge is 0.137 e. The molecular formula is C16H23NO2. The van der Waals surface area contributed by atoms with Gasteiger partial charge >= 0.3 is 0 Å². The lowest BCUT2D eigenvalue weighted by molar-refractivity contribution is -0.0143. The Hall–Kier alpha value is -1.06. The number of benzene rings is 1. The van der Waals surface area contributed by atoms with E-state index in [-0.39, 0.29) is 6.10 Å². The van der Waals surface area contributed by atoms with Gasteiger partial charge in [-0.1, -0.05) is 13.0 Å². The van der Waals surface area contributed by atoms with Crippen molar-refractivity contribution in [1.29, 1.82) is 0 Å². The first kappa shape index (κ1) is 12.9. The second-order valence-electron chi connectivity index (χ2n) is 5.47. The van der Waals surface area contributed by atoms with E-state index < -0.39 is 0 Å². The number of rotatable bonds is 4. The molecule has 0 bridgehead atoms. The minimum Gasteiger partial charge on any atom is -0.486 e. The van der Waals surface area contributed by atoms with Crippen molar-refractivity contribution < 1.29 is 9.47 Å². The van der Waals surface area contributed by atoms with Crippen molar-refractivity contribution in [1.82, 2.24) is 5.32 Å². The van der Waals surface area contributed by atoms with E-state index in [4.69, 9.17) is 9.47 Å². The molecule has 0 aromatic heterocycles. The Morgan fingerprint density at radius 1 is 1.32 bits per heavy atom. The summed E-state index contributed by atoms with van der Waals surface area (Å²) in [6.45, 7) is 4.65. The Labute approximate surface area is 115 Å². The van der Waals surface area contributed by atoms with Gasteiger partial charge in [-0.15, -0.1) is 0 Å². The van der Waals surface area contributed by atoms with Gasteiger partial charge in [-0.3, -0.25) is 0 Å². The van der Waals surface area contributed by atoms with Crippen LogP contribution in [0.3, 0.4) is 0 Å². The normalized spacial score (nSPS) is 26.2. The Kier molecular flexibility index (Phi) is 4.04. The topological polar surface area (TPSA) is 30.5 Å². The monoisotopic (exact) mass is 261 g/mol. The van der Waals surface area contributed by atoms with Gasteiger partial charge in [0, 0.05) is 12.6 Å². The third kappa shape index (κ3) is 2.93. The minimum absolute atomic E-state index is 0.133. The molecule has 104 valence electrons. The molecule has 1 saturated heterocycles. The quantitative estimate of drug-likeness (QED) is 0.902. The molecule has 2 aliphatic rings. The summed E-state index contributed by atoms with van der Waals surface area (Å²) in [7, 11) is 0. The van der Waals surface area contributed by atoms with Crippen molar-refractivity contribution in [2.45, 2.75) is 44.8 Å². The van der Waals surface area contributed by atoms with Crippen LogP contribution in [0.15, 0.2) is 18.2 Å². The third-order valence-electron chi connectivity index (χ3n) is 4.13. The number of nitrogens with one attached hydrogen (secondary N) is 1. The second kappa shape index (κ2) is 5.93. The lowest BCUT2D eigenvalue weighted by Crippen LogP contribution is -2.49. The standard InChI is InChI=1S/C16H23NO2/c1-2-17-15-8-9-18-11-16(15)19-14-7-6-12-4-3-5-13(12)10-14/h6-7,10,15-17H,2-5,8-9,11H2,1H3. The molecule has 1 N–H and O–H groups in total. The van der Waals surface area contributed by atoms with Crippen LogP contribution in [0.1, 0.15) is 30.9 Å². The number of hydrogen-bond donors (Lipinski definition) is 1. The average Bonchev–Trinajstić information content (AvgIpc) is 2.89. The van der Waals surface area contributed by atoms with Crippen molar-refractivity contribution in [2.75, 3.05) is 19.8 Å². The van der Waals surface area contributed by atoms with E-state index in [1.54, 1.807) is 0 Å². The fraction of sp³-hybridized carbons (Fsp3) is 0.625. The van der Waals surface area contributed by atoms with Gasteiger partial charge in [0.1, 0.15) is 11.9 Å². The summed E-state index contributed by atoms with van der Waals surface area (Å²) < 4.78 is 11.7. The summed E-state index contributed by atoms with van der Waals surface area (Å²) in [5, 5.41) is 3.50. The first-order valence-electron chi connectivity index (χ1n) is 7.46. The molecule has 1 aromatic rings. The highest BCUT2D eigenvalue weighted by atomic mass is 16.5. The van der Waals surface area contributed by atoms with E-state index >= 15 is 0 Å². The molecule has 0 saturated carbocycles. The van der Waals surface area contributed by atoms with Crippen molar-refractivity contribution in [3.63, 3.8) is 0 Å². The highest BCUT2D eigenvalue weighted by Gasteiger charge is 2.27. The lowest BCUT2D eigenvalue weighted by Gasteiger charge is -2.32. The minimum atomic E-state index is 0.133. The third-order valence-corrected chi connectivity index (χ3v) is 4.13. The average molecular weight is 261 g/mol. The Balaban J connectivity index is 1.69. The summed E-state index contributed by atoms with van der Waals surface area (Å²) in [5.74, 6) is 0.999. The van der Waals surface area contributed by atoms with Gasteiger partial charge in [0.05, 0.1) is 6.61 Å². The van der Waals surface area contributed by atoms with E-state index in [2.05, 4.69) is 30.4 Å². The van der Waals surface area contributed by atoms with Gasteiger partial charge in [-0.05, 0) is 55.5 Å². The molecule has 1 aromatic carbocycles. The molecule has 19 heavy (non-hydrogen) atoms. The molecule has 2 unspecified atom stereocenters. The molecule has 3 heteroatoms. The largest absolute Gasteiger partial charge is 0.486 e. The predicted octanol–water partition coefficient (Wildman–Crippen LogP) is 2.32. The molecule has 2 atom stereocenters. The number of ether oxygens (including phenoxy) is 2. The molecule has 3 nitrogen and oxygen atoms in total. The van der Waals surface area contributed by atoms with E-state index in [9.17, 15) is 0 Å². The summed E-state index contributed by atoms with van der Waals surface area (Å²) in [5.41, 5.74) is 2.96. The maximum absolute atomic E-state index is 6.16. The van der Waals surface area contributed by atoms with Crippen LogP contribution in [0.2, 0.25) is 0 Å². The fourth-order valence-corrected chi connectivity index (χ4v) is 3.12. The van der Waals surface area contributed by atoms with Crippen LogP contribution in [0.4, 0.5) is 0 Å². The summed E-state index contributed by atoms with van der Waals surface area (Å²) in [4.78, 5) is 0. The first-order valence-corrected chi connectivity index (χ1v) is 7.46. The molecular weight excluding hydrogens is 238 g/mol. The lowest BCUT2D eigenvalue weighted by atomic mass is 10.1. The zero-order valence-corrected chi connectivity index (χ0v) is 11.7. The van der Waals surface area contributed by atoms with Gasteiger partial charge in [0.25, 0.3) is 0 Å². The van der Waals surface area contributed by atoms with Gasteiger partial charge < -0.3 is 14.8 Å². The number of likely N-dealkylation sites (N-methyl/N-ethyl adjacent to an activating group) is 1. The van der Waals surface area contributed by atoms with Gasteiger partial charge in [-0.2, -0.15) is 0 Å².